The van der Waals surface area contributed by atoms with E-state index in [1.165, 1.54) is 24.2 Å². The Balaban J connectivity index is 1.67. The van der Waals surface area contributed by atoms with Gasteiger partial charge in [-0.15, -0.1) is 11.3 Å². The number of ether oxygens (including phenoxy) is 2. The number of methoxy groups -OCH3 is 2. The Bertz CT molecular complexity index is 786. The van der Waals surface area contributed by atoms with Crippen LogP contribution in [0.5, 0.6) is 11.5 Å². The fourth-order valence-corrected chi connectivity index (χ4v) is 4.52. The highest BCUT2D eigenvalue weighted by molar-refractivity contribution is 9.10. The van der Waals surface area contributed by atoms with Crippen LogP contribution in [0.1, 0.15) is 35.8 Å². The highest BCUT2D eigenvalue weighted by Crippen LogP contribution is 2.35. The summed E-state index contributed by atoms with van der Waals surface area (Å²) in [7, 11) is 3.10. The Morgan fingerprint density at radius 3 is 2.70 bits per heavy atom. The summed E-state index contributed by atoms with van der Waals surface area (Å²) in [5, 5.41) is 5.48. The van der Waals surface area contributed by atoms with Crippen molar-refractivity contribution in [3.63, 3.8) is 0 Å². The molecular formula is C19H24BrN3O3S. The van der Waals surface area contributed by atoms with Gasteiger partial charge in [0, 0.05) is 24.0 Å². The van der Waals surface area contributed by atoms with Gasteiger partial charge in [0.25, 0.3) is 5.91 Å². The lowest BCUT2D eigenvalue weighted by molar-refractivity contribution is 0.102. The number of amides is 1. The van der Waals surface area contributed by atoms with Crippen molar-refractivity contribution >= 4 is 38.3 Å². The molecule has 27 heavy (non-hydrogen) atoms. The van der Waals surface area contributed by atoms with Crippen LogP contribution in [0.25, 0.3) is 0 Å². The van der Waals surface area contributed by atoms with Gasteiger partial charge in [-0.1, -0.05) is 6.92 Å². The zero-order valence-corrected chi connectivity index (χ0v) is 18.2. The first-order valence-electron chi connectivity index (χ1n) is 8.89. The van der Waals surface area contributed by atoms with Crippen LogP contribution in [0.4, 0.5) is 5.13 Å². The molecule has 146 valence electrons. The number of halogens is 1. The lowest BCUT2D eigenvalue weighted by Gasteiger charge is -2.30. The number of benzene rings is 1. The number of hydrogen-bond donors (Lipinski definition) is 1. The molecule has 1 unspecified atom stereocenters. The van der Waals surface area contributed by atoms with E-state index in [1.54, 1.807) is 26.4 Å². The second-order valence-electron chi connectivity index (χ2n) is 6.78. The predicted octanol–water partition coefficient (Wildman–Crippen LogP) is 4.41. The van der Waals surface area contributed by atoms with Crippen molar-refractivity contribution in [2.45, 2.75) is 26.3 Å². The minimum atomic E-state index is -0.244. The first-order valence-corrected chi connectivity index (χ1v) is 10.6. The second-order valence-corrected chi connectivity index (χ2v) is 8.43. The van der Waals surface area contributed by atoms with Crippen LogP contribution in [-0.2, 0) is 6.54 Å². The molecule has 1 aromatic heterocycles. The van der Waals surface area contributed by atoms with Crippen LogP contribution in [0.3, 0.4) is 0 Å². The fourth-order valence-electron chi connectivity index (χ4n) is 3.27. The summed E-state index contributed by atoms with van der Waals surface area (Å²) >= 11 is 4.85. The van der Waals surface area contributed by atoms with Crippen molar-refractivity contribution in [2.24, 2.45) is 5.92 Å². The third kappa shape index (κ3) is 5.00. The quantitative estimate of drug-likeness (QED) is 0.701. The number of thiazole rings is 1. The average Bonchev–Trinajstić information content (AvgIpc) is 3.08. The number of carbonyl (C=O) groups is 1. The Labute approximate surface area is 172 Å². The first-order chi connectivity index (χ1) is 13.0. The van der Waals surface area contributed by atoms with Gasteiger partial charge in [-0.25, -0.2) is 4.98 Å². The third-order valence-corrected chi connectivity index (χ3v) is 6.19. The molecule has 1 aliphatic rings. The van der Waals surface area contributed by atoms with Crippen LogP contribution in [0, 0.1) is 5.92 Å². The van der Waals surface area contributed by atoms with Crippen LogP contribution in [0.2, 0.25) is 0 Å². The van der Waals surface area contributed by atoms with Crippen molar-refractivity contribution in [1.29, 1.82) is 0 Å². The topological polar surface area (TPSA) is 63.7 Å². The number of nitrogens with zero attached hydrogens (tertiary/aromatic N) is 2. The normalized spacial score (nSPS) is 17.6. The van der Waals surface area contributed by atoms with Gasteiger partial charge in [-0.05, 0) is 53.4 Å². The largest absolute Gasteiger partial charge is 0.495 e. The molecule has 1 N–H and O–H groups in total. The maximum Gasteiger partial charge on any atom is 0.257 e. The summed E-state index contributed by atoms with van der Waals surface area (Å²) in [4.78, 5) is 19.6. The van der Waals surface area contributed by atoms with Gasteiger partial charge in [0.05, 0.1) is 19.9 Å². The SMILES string of the molecule is COc1cc(C(=O)Nc2nc(CN3CCCC(C)C3)cs2)cc(OC)c1Br. The number of aromatic nitrogens is 1. The molecule has 0 radical (unpaired) electrons. The van der Waals surface area contributed by atoms with E-state index in [2.05, 4.69) is 38.1 Å². The van der Waals surface area contributed by atoms with Crippen molar-refractivity contribution in [1.82, 2.24) is 9.88 Å². The van der Waals surface area contributed by atoms with Gasteiger partial charge >= 0.3 is 0 Å². The van der Waals surface area contributed by atoms with E-state index in [0.717, 1.165) is 31.2 Å². The molecule has 8 heteroatoms. The summed E-state index contributed by atoms with van der Waals surface area (Å²) in [6, 6.07) is 3.34. The molecule has 1 aromatic carbocycles. The number of nitrogens with one attached hydrogen (secondary N) is 1. The van der Waals surface area contributed by atoms with Gasteiger partial charge in [-0.3, -0.25) is 15.0 Å². The number of rotatable bonds is 6. The number of carbonyl (C=O) groups excluding carboxylic acids is 1. The maximum atomic E-state index is 12.6. The Morgan fingerprint density at radius 1 is 1.37 bits per heavy atom. The molecule has 0 bridgehead atoms. The van der Waals surface area contributed by atoms with Crippen LogP contribution < -0.4 is 14.8 Å². The number of anilines is 1. The minimum Gasteiger partial charge on any atom is -0.495 e. The van der Waals surface area contributed by atoms with E-state index in [9.17, 15) is 4.79 Å². The zero-order chi connectivity index (χ0) is 19.4. The predicted molar refractivity (Wildman–Crippen MR) is 111 cm³/mol. The lowest BCUT2D eigenvalue weighted by atomic mass is 10.0. The van der Waals surface area contributed by atoms with E-state index in [-0.39, 0.29) is 5.91 Å². The van der Waals surface area contributed by atoms with Crippen molar-refractivity contribution in [2.75, 3.05) is 32.6 Å². The van der Waals surface area contributed by atoms with Crippen molar-refractivity contribution in [3.8, 4) is 11.5 Å². The fraction of sp³-hybridized carbons (Fsp3) is 0.474. The molecule has 1 saturated heterocycles. The van der Waals surface area contributed by atoms with E-state index < -0.39 is 0 Å². The molecule has 0 spiro atoms. The summed E-state index contributed by atoms with van der Waals surface area (Å²) in [5.41, 5.74) is 1.45. The first kappa shape index (κ1) is 20.1. The molecule has 1 atom stereocenters. The third-order valence-electron chi connectivity index (χ3n) is 4.61. The highest BCUT2D eigenvalue weighted by Gasteiger charge is 2.19. The van der Waals surface area contributed by atoms with Gasteiger partial charge in [-0.2, -0.15) is 0 Å². The molecule has 2 heterocycles. The summed E-state index contributed by atoms with van der Waals surface area (Å²) in [6.07, 6.45) is 2.54. The van der Waals surface area contributed by atoms with Crippen molar-refractivity contribution < 1.29 is 14.3 Å². The Hall–Kier alpha value is -1.64. The summed E-state index contributed by atoms with van der Waals surface area (Å²) < 4.78 is 11.3. The molecular weight excluding hydrogens is 430 g/mol. The van der Waals surface area contributed by atoms with Gasteiger partial charge < -0.3 is 9.47 Å². The Morgan fingerprint density at radius 2 is 2.07 bits per heavy atom. The minimum absolute atomic E-state index is 0.244. The van der Waals surface area contributed by atoms with Crippen LogP contribution >= 0.6 is 27.3 Å². The summed E-state index contributed by atoms with van der Waals surface area (Å²) in [5.74, 6) is 1.57. The van der Waals surface area contributed by atoms with Gasteiger partial charge in [0.2, 0.25) is 0 Å². The number of likely N-dealkylation sites (tertiary alicyclic amines) is 1. The monoisotopic (exact) mass is 453 g/mol. The average molecular weight is 454 g/mol. The second kappa shape index (κ2) is 9.03. The molecule has 1 fully saturated rings. The lowest BCUT2D eigenvalue weighted by Crippen LogP contribution is -2.33. The molecule has 1 amide bonds. The highest BCUT2D eigenvalue weighted by atomic mass is 79.9. The van der Waals surface area contributed by atoms with E-state index >= 15 is 0 Å². The van der Waals surface area contributed by atoms with Crippen LogP contribution in [0.15, 0.2) is 22.0 Å². The molecule has 2 aromatic rings. The van der Waals surface area contributed by atoms with Crippen LogP contribution in [-0.4, -0.2) is 43.1 Å². The van der Waals surface area contributed by atoms with Gasteiger partial charge in [0.15, 0.2) is 5.13 Å². The van der Waals surface area contributed by atoms with Crippen molar-refractivity contribution in [3.05, 3.63) is 33.2 Å². The standard InChI is InChI=1S/C19H24BrN3O3S/c1-12-5-4-6-23(9-12)10-14-11-27-19(21-14)22-18(24)13-7-15(25-2)17(20)16(8-13)26-3/h7-8,11-12H,4-6,9-10H2,1-3H3,(H,21,22,24). The van der Waals surface area contributed by atoms with E-state index in [0.29, 0.717) is 26.7 Å². The molecule has 0 saturated carbocycles. The Kier molecular flexibility index (Phi) is 6.73. The van der Waals surface area contributed by atoms with E-state index in [4.69, 9.17) is 9.47 Å². The zero-order valence-electron chi connectivity index (χ0n) is 15.8. The molecule has 3 rings (SSSR count). The molecule has 0 aliphatic carbocycles. The smallest absolute Gasteiger partial charge is 0.257 e. The number of hydrogen-bond acceptors (Lipinski definition) is 6. The summed E-state index contributed by atoms with van der Waals surface area (Å²) in [6.45, 7) is 5.34. The molecule has 1 aliphatic heterocycles. The number of piperidine rings is 1. The maximum absolute atomic E-state index is 12.6. The van der Waals surface area contributed by atoms with E-state index in [1.807, 2.05) is 5.38 Å². The molecule has 6 nitrogen and oxygen atoms in total. The van der Waals surface area contributed by atoms with Gasteiger partial charge in [0.1, 0.15) is 16.0 Å².